The van der Waals surface area contributed by atoms with Crippen LogP contribution in [0.15, 0.2) is 42.5 Å². The van der Waals surface area contributed by atoms with Crippen LogP contribution in [0.25, 0.3) is 0 Å². The number of anilines is 2. The van der Waals surface area contributed by atoms with E-state index in [9.17, 15) is 4.79 Å². The van der Waals surface area contributed by atoms with Crippen LogP contribution in [0, 0.1) is 0 Å². The first-order chi connectivity index (χ1) is 10.6. The third-order valence-corrected chi connectivity index (χ3v) is 3.02. The van der Waals surface area contributed by atoms with Crippen molar-refractivity contribution in [1.82, 2.24) is 15.1 Å². The summed E-state index contributed by atoms with van der Waals surface area (Å²) < 4.78 is 0. The van der Waals surface area contributed by atoms with Crippen LogP contribution in [0.2, 0.25) is 0 Å². The number of rotatable bonds is 7. The SMILES string of the molecule is CN(C)CCCNc1ccc(C(=O)Nc2ccccc2)nn1. The number of para-hydroxylation sites is 1. The lowest BCUT2D eigenvalue weighted by Gasteiger charge is -2.10. The lowest BCUT2D eigenvalue weighted by molar-refractivity contribution is 0.102. The average Bonchev–Trinajstić information content (AvgIpc) is 2.53. The first kappa shape index (κ1) is 15.9. The smallest absolute Gasteiger partial charge is 0.276 e. The highest BCUT2D eigenvalue weighted by Gasteiger charge is 2.08. The Balaban J connectivity index is 1.84. The third kappa shape index (κ3) is 5.14. The van der Waals surface area contributed by atoms with Gasteiger partial charge in [-0.1, -0.05) is 18.2 Å². The Labute approximate surface area is 130 Å². The molecule has 22 heavy (non-hydrogen) atoms. The Morgan fingerprint density at radius 1 is 1.09 bits per heavy atom. The molecule has 0 spiro atoms. The number of carbonyl (C=O) groups excluding carboxylic acids is 1. The zero-order valence-corrected chi connectivity index (χ0v) is 12.9. The van der Waals surface area contributed by atoms with Crippen LogP contribution in [-0.2, 0) is 0 Å². The Morgan fingerprint density at radius 2 is 1.86 bits per heavy atom. The molecule has 6 nitrogen and oxygen atoms in total. The molecule has 2 rings (SSSR count). The maximum Gasteiger partial charge on any atom is 0.276 e. The van der Waals surface area contributed by atoms with Crippen molar-refractivity contribution >= 4 is 17.4 Å². The number of amides is 1. The average molecular weight is 299 g/mol. The highest BCUT2D eigenvalue weighted by Crippen LogP contribution is 2.08. The quantitative estimate of drug-likeness (QED) is 0.766. The number of hydrogen-bond donors (Lipinski definition) is 2. The van der Waals surface area contributed by atoms with Crippen molar-refractivity contribution in [2.24, 2.45) is 0 Å². The van der Waals surface area contributed by atoms with Crippen LogP contribution in [0.4, 0.5) is 11.5 Å². The van der Waals surface area contributed by atoms with E-state index in [1.807, 2.05) is 44.4 Å². The minimum atomic E-state index is -0.266. The van der Waals surface area contributed by atoms with Crippen molar-refractivity contribution in [2.75, 3.05) is 37.8 Å². The molecule has 0 atom stereocenters. The molecule has 0 bridgehead atoms. The van der Waals surface area contributed by atoms with Crippen molar-refractivity contribution in [3.8, 4) is 0 Å². The van der Waals surface area contributed by atoms with Gasteiger partial charge in [-0.2, -0.15) is 0 Å². The van der Waals surface area contributed by atoms with Gasteiger partial charge in [0.05, 0.1) is 0 Å². The zero-order valence-electron chi connectivity index (χ0n) is 12.9. The largest absolute Gasteiger partial charge is 0.369 e. The summed E-state index contributed by atoms with van der Waals surface area (Å²) in [7, 11) is 4.08. The highest BCUT2D eigenvalue weighted by atomic mass is 16.1. The minimum absolute atomic E-state index is 0.266. The molecule has 0 radical (unpaired) electrons. The van der Waals surface area contributed by atoms with E-state index in [2.05, 4.69) is 25.7 Å². The maximum absolute atomic E-state index is 12.0. The lowest BCUT2D eigenvalue weighted by Crippen LogP contribution is -2.17. The van der Waals surface area contributed by atoms with Gasteiger partial charge in [0.2, 0.25) is 0 Å². The van der Waals surface area contributed by atoms with Crippen molar-refractivity contribution < 1.29 is 4.79 Å². The Kier molecular flexibility index (Phi) is 5.85. The molecule has 0 fully saturated rings. The molecular weight excluding hydrogens is 278 g/mol. The number of aromatic nitrogens is 2. The fourth-order valence-electron chi connectivity index (χ4n) is 1.88. The topological polar surface area (TPSA) is 70.2 Å². The monoisotopic (exact) mass is 299 g/mol. The van der Waals surface area contributed by atoms with E-state index in [1.54, 1.807) is 12.1 Å². The Morgan fingerprint density at radius 3 is 2.50 bits per heavy atom. The summed E-state index contributed by atoms with van der Waals surface area (Å²) in [5.41, 5.74) is 1.03. The van der Waals surface area contributed by atoms with Crippen LogP contribution >= 0.6 is 0 Å². The van der Waals surface area contributed by atoms with Gasteiger partial charge in [0.25, 0.3) is 5.91 Å². The maximum atomic E-state index is 12.0. The second kappa shape index (κ2) is 8.09. The molecule has 1 aromatic heterocycles. The van der Waals surface area contributed by atoms with E-state index in [-0.39, 0.29) is 5.91 Å². The molecule has 1 heterocycles. The summed E-state index contributed by atoms with van der Waals surface area (Å²) in [5, 5.41) is 13.9. The summed E-state index contributed by atoms with van der Waals surface area (Å²) in [4.78, 5) is 14.2. The summed E-state index contributed by atoms with van der Waals surface area (Å²) >= 11 is 0. The summed E-state index contributed by atoms with van der Waals surface area (Å²) in [6.45, 7) is 1.83. The Hall–Kier alpha value is -2.47. The normalized spacial score (nSPS) is 10.5. The summed E-state index contributed by atoms with van der Waals surface area (Å²) in [5.74, 6) is 0.410. The van der Waals surface area contributed by atoms with Gasteiger partial charge in [-0.25, -0.2) is 0 Å². The molecule has 0 aliphatic rings. The first-order valence-corrected chi connectivity index (χ1v) is 7.24. The molecule has 1 amide bonds. The van der Waals surface area contributed by atoms with E-state index in [1.165, 1.54) is 0 Å². The summed E-state index contributed by atoms with van der Waals surface area (Å²) in [6, 6.07) is 12.7. The molecule has 1 aromatic carbocycles. The molecule has 116 valence electrons. The van der Waals surface area contributed by atoms with Crippen molar-refractivity contribution in [3.05, 3.63) is 48.2 Å². The van der Waals surface area contributed by atoms with Crippen LogP contribution < -0.4 is 10.6 Å². The second-order valence-corrected chi connectivity index (χ2v) is 5.21. The van der Waals surface area contributed by atoms with Crippen molar-refractivity contribution in [3.63, 3.8) is 0 Å². The van der Waals surface area contributed by atoms with E-state index in [0.717, 1.165) is 25.2 Å². The number of carbonyl (C=O) groups is 1. The fraction of sp³-hybridized carbons (Fsp3) is 0.312. The van der Waals surface area contributed by atoms with Crippen LogP contribution in [0.1, 0.15) is 16.9 Å². The number of nitrogens with one attached hydrogen (secondary N) is 2. The van der Waals surface area contributed by atoms with E-state index in [4.69, 9.17) is 0 Å². The predicted molar refractivity (Wildman–Crippen MR) is 88.1 cm³/mol. The predicted octanol–water partition coefficient (Wildman–Crippen LogP) is 2.09. The van der Waals surface area contributed by atoms with Gasteiger partial charge >= 0.3 is 0 Å². The van der Waals surface area contributed by atoms with E-state index < -0.39 is 0 Å². The van der Waals surface area contributed by atoms with E-state index >= 15 is 0 Å². The lowest BCUT2D eigenvalue weighted by atomic mass is 10.3. The van der Waals surface area contributed by atoms with Crippen LogP contribution in [0.3, 0.4) is 0 Å². The van der Waals surface area contributed by atoms with Gasteiger partial charge in [0.15, 0.2) is 5.69 Å². The molecule has 6 heteroatoms. The van der Waals surface area contributed by atoms with Gasteiger partial charge in [-0.15, -0.1) is 10.2 Å². The Bertz CT molecular complexity index is 583. The summed E-state index contributed by atoms with van der Waals surface area (Å²) in [6.07, 6.45) is 1.02. The van der Waals surface area contributed by atoms with Gasteiger partial charge < -0.3 is 15.5 Å². The van der Waals surface area contributed by atoms with Gasteiger partial charge in [-0.05, 0) is 51.3 Å². The molecule has 0 saturated carbocycles. The fourth-order valence-corrected chi connectivity index (χ4v) is 1.88. The van der Waals surface area contributed by atoms with Gasteiger partial charge in [0, 0.05) is 12.2 Å². The van der Waals surface area contributed by atoms with Crippen molar-refractivity contribution in [2.45, 2.75) is 6.42 Å². The molecule has 2 N–H and O–H groups in total. The molecule has 2 aromatic rings. The van der Waals surface area contributed by atoms with Crippen LogP contribution in [-0.4, -0.2) is 48.2 Å². The zero-order chi connectivity index (χ0) is 15.8. The van der Waals surface area contributed by atoms with Crippen molar-refractivity contribution in [1.29, 1.82) is 0 Å². The number of nitrogens with zero attached hydrogens (tertiary/aromatic N) is 3. The standard InChI is InChI=1S/C16H21N5O/c1-21(2)12-6-11-17-15-10-9-14(19-20-15)16(22)18-13-7-4-3-5-8-13/h3-5,7-10H,6,11-12H2,1-2H3,(H,17,20)(H,18,22). The first-order valence-electron chi connectivity index (χ1n) is 7.24. The molecule has 0 unspecified atom stereocenters. The van der Waals surface area contributed by atoms with Gasteiger partial charge in [-0.3, -0.25) is 4.79 Å². The molecule has 0 aliphatic heterocycles. The number of hydrogen-bond acceptors (Lipinski definition) is 5. The minimum Gasteiger partial charge on any atom is -0.369 e. The second-order valence-electron chi connectivity index (χ2n) is 5.21. The molecule has 0 aliphatic carbocycles. The number of benzene rings is 1. The van der Waals surface area contributed by atoms with Gasteiger partial charge in [0.1, 0.15) is 5.82 Å². The van der Waals surface area contributed by atoms with E-state index in [0.29, 0.717) is 11.5 Å². The van der Waals surface area contributed by atoms with Crippen LogP contribution in [0.5, 0.6) is 0 Å². The molecular formula is C16H21N5O. The highest BCUT2D eigenvalue weighted by molar-refractivity contribution is 6.02. The molecule has 0 saturated heterocycles. The third-order valence-electron chi connectivity index (χ3n) is 3.02.